The predicted molar refractivity (Wildman–Crippen MR) is 167 cm³/mol. The first-order chi connectivity index (χ1) is 20.2. The van der Waals surface area contributed by atoms with Crippen molar-refractivity contribution in [1.82, 2.24) is 0 Å². The molecule has 6 rings (SSSR count). The van der Waals surface area contributed by atoms with Crippen LogP contribution in [0.25, 0.3) is 0 Å². The molecule has 218 valence electrons. The molecule has 3 aliphatic carbocycles. The van der Waals surface area contributed by atoms with Gasteiger partial charge in [0.15, 0.2) is 0 Å². The average Bonchev–Trinajstić information content (AvgIpc) is 3.03. The van der Waals surface area contributed by atoms with E-state index in [2.05, 4.69) is 79.7 Å². The van der Waals surface area contributed by atoms with Gasteiger partial charge in [-0.2, -0.15) is 0 Å². The highest BCUT2D eigenvalue weighted by molar-refractivity contribution is 5.52. The van der Waals surface area contributed by atoms with Crippen LogP contribution in [0, 0.1) is 0 Å². The summed E-state index contributed by atoms with van der Waals surface area (Å²) in [4.78, 5) is 0. The summed E-state index contributed by atoms with van der Waals surface area (Å²) in [6.07, 6.45) is 19.8. The predicted octanol–water partition coefficient (Wildman–Crippen LogP) is 10.2. The largest absolute Gasteiger partial charge is 0.490 e. The van der Waals surface area contributed by atoms with Crippen LogP contribution in [0.4, 0.5) is 0 Å². The van der Waals surface area contributed by atoms with Crippen molar-refractivity contribution in [2.75, 3.05) is 0 Å². The number of rotatable bonds is 9. The SMILES string of the molecule is CC(c1ccc(OC2CCCCC2)cc1)(c1ccc(OC2CCCCC2)cc1)c1ccc(OC2CCCCC2)cc1. The summed E-state index contributed by atoms with van der Waals surface area (Å²) in [5, 5.41) is 0. The smallest absolute Gasteiger partial charge is 0.119 e. The maximum Gasteiger partial charge on any atom is 0.119 e. The zero-order chi connectivity index (χ0) is 27.9. The zero-order valence-electron chi connectivity index (χ0n) is 25.0. The normalized spacial score (nSPS) is 19.5. The van der Waals surface area contributed by atoms with E-state index in [4.69, 9.17) is 14.2 Å². The van der Waals surface area contributed by atoms with Gasteiger partial charge in [-0.3, -0.25) is 0 Å². The van der Waals surface area contributed by atoms with Gasteiger partial charge < -0.3 is 14.2 Å². The van der Waals surface area contributed by atoms with Crippen molar-refractivity contribution in [3.63, 3.8) is 0 Å². The summed E-state index contributed by atoms with van der Waals surface area (Å²) in [7, 11) is 0. The molecule has 3 saturated carbocycles. The summed E-state index contributed by atoms with van der Waals surface area (Å²) in [5.41, 5.74) is 3.46. The van der Waals surface area contributed by atoms with Crippen molar-refractivity contribution >= 4 is 0 Å². The Hall–Kier alpha value is -2.94. The molecule has 0 N–H and O–H groups in total. The molecule has 3 aliphatic rings. The fourth-order valence-electron chi connectivity index (χ4n) is 7.23. The minimum Gasteiger partial charge on any atom is -0.490 e. The molecule has 0 amide bonds. The number of hydrogen-bond donors (Lipinski definition) is 0. The third-order valence-corrected chi connectivity index (χ3v) is 9.86. The molecule has 41 heavy (non-hydrogen) atoms. The van der Waals surface area contributed by atoms with E-state index in [1.807, 2.05) is 0 Å². The topological polar surface area (TPSA) is 27.7 Å². The molecule has 0 atom stereocenters. The Morgan fingerprint density at radius 3 is 0.878 bits per heavy atom. The molecule has 0 heterocycles. The second-order valence-corrected chi connectivity index (χ2v) is 12.8. The van der Waals surface area contributed by atoms with E-state index < -0.39 is 0 Å². The molecule has 3 nitrogen and oxygen atoms in total. The number of benzene rings is 3. The first kappa shape index (κ1) is 28.2. The van der Waals surface area contributed by atoms with E-state index in [1.54, 1.807) is 0 Å². The van der Waals surface area contributed by atoms with Crippen LogP contribution in [0.1, 0.15) is 120 Å². The summed E-state index contributed by atoms with van der Waals surface area (Å²) < 4.78 is 19.1. The van der Waals surface area contributed by atoms with Crippen LogP contribution in [-0.4, -0.2) is 18.3 Å². The Labute approximate surface area is 247 Å². The summed E-state index contributed by atoms with van der Waals surface area (Å²) >= 11 is 0. The van der Waals surface area contributed by atoms with Crippen molar-refractivity contribution < 1.29 is 14.2 Å². The monoisotopic (exact) mass is 552 g/mol. The van der Waals surface area contributed by atoms with Crippen molar-refractivity contribution in [3.8, 4) is 17.2 Å². The van der Waals surface area contributed by atoms with Crippen LogP contribution in [0.5, 0.6) is 17.2 Å². The van der Waals surface area contributed by atoms with Crippen molar-refractivity contribution in [2.45, 2.75) is 127 Å². The first-order valence-electron chi connectivity index (χ1n) is 16.5. The zero-order valence-corrected chi connectivity index (χ0v) is 25.0. The van der Waals surface area contributed by atoms with Crippen LogP contribution in [-0.2, 0) is 5.41 Å². The molecule has 0 spiro atoms. The van der Waals surface area contributed by atoms with Gasteiger partial charge in [0.05, 0.1) is 18.3 Å². The minimum atomic E-state index is -0.323. The number of hydrogen-bond acceptors (Lipinski definition) is 3. The lowest BCUT2D eigenvalue weighted by molar-refractivity contribution is 0.155. The van der Waals surface area contributed by atoms with E-state index >= 15 is 0 Å². The highest BCUT2D eigenvalue weighted by atomic mass is 16.5. The van der Waals surface area contributed by atoms with Crippen LogP contribution < -0.4 is 14.2 Å². The first-order valence-corrected chi connectivity index (χ1v) is 16.5. The summed E-state index contributed by atoms with van der Waals surface area (Å²) in [6, 6.07) is 26.6. The van der Waals surface area contributed by atoms with Crippen LogP contribution in [0.3, 0.4) is 0 Å². The Morgan fingerprint density at radius 2 is 0.634 bits per heavy atom. The maximum absolute atomic E-state index is 6.38. The van der Waals surface area contributed by atoms with Gasteiger partial charge in [0.2, 0.25) is 0 Å². The third kappa shape index (κ3) is 6.93. The van der Waals surface area contributed by atoms with Crippen LogP contribution >= 0.6 is 0 Å². The van der Waals surface area contributed by atoms with E-state index in [0.717, 1.165) is 17.2 Å². The Balaban J connectivity index is 1.26. The quantitative estimate of drug-likeness (QED) is 0.247. The highest BCUT2D eigenvalue weighted by Gasteiger charge is 2.32. The van der Waals surface area contributed by atoms with E-state index in [-0.39, 0.29) is 5.41 Å². The second-order valence-electron chi connectivity index (χ2n) is 12.8. The molecule has 0 aliphatic heterocycles. The van der Waals surface area contributed by atoms with Gasteiger partial charge in [0.25, 0.3) is 0 Å². The molecule has 0 unspecified atom stereocenters. The Morgan fingerprint density at radius 1 is 0.390 bits per heavy atom. The summed E-state index contributed by atoms with van der Waals surface area (Å²) in [5.74, 6) is 2.95. The lowest BCUT2D eigenvalue weighted by Gasteiger charge is -2.33. The van der Waals surface area contributed by atoms with E-state index in [1.165, 1.54) is 113 Å². The Kier molecular flexibility index (Phi) is 9.19. The van der Waals surface area contributed by atoms with Gasteiger partial charge in [-0.25, -0.2) is 0 Å². The minimum absolute atomic E-state index is 0.323. The molecule has 0 saturated heterocycles. The van der Waals surface area contributed by atoms with E-state index in [9.17, 15) is 0 Å². The lowest BCUT2D eigenvalue weighted by atomic mass is 9.71. The maximum atomic E-state index is 6.38. The molecule has 3 fully saturated rings. The van der Waals surface area contributed by atoms with Gasteiger partial charge in [-0.05, 0) is 137 Å². The van der Waals surface area contributed by atoms with Crippen LogP contribution in [0.15, 0.2) is 72.8 Å². The van der Waals surface area contributed by atoms with Crippen molar-refractivity contribution in [3.05, 3.63) is 89.5 Å². The van der Waals surface area contributed by atoms with Gasteiger partial charge in [-0.1, -0.05) is 55.7 Å². The van der Waals surface area contributed by atoms with Crippen LogP contribution in [0.2, 0.25) is 0 Å². The second kappa shape index (κ2) is 13.4. The third-order valence-electron chi connectivity index (χ3n) is 9.86. The fourth-order valence-corrected chi connectivity index (χ4v) is 7.23. The molecule has 3 heteroatoms. The highest BCUT2D eigenvalue weighted by Crippen LogP contribution is 2.41. The molecule has 3 aromatic rings. The van der Waals surface area contributed by atoms with Gasteiger partial charge >= 0.3 is 0 Å². The summed E-state index contributed by atoms with van der Waals surface area (Å²) in [6.45, 7) is 2.35. The molecule has 0 bridgehead atoms. The molecule has 0 radical (unpaired) electrons. The van der Waals surface area contributed by atoms with Gasteiger partial charge in [0.1, 0.15) is 17.2 Å². The molecular weight excluding hydrogens is 504 g/mol. The molecular formula is C38H48O3. The average molecular weight is 553 g/mol. The number of ether oxygens (including phenoxy) is 3. The van der Waals surface area contributed by atoms with E-state index in [0.29, 0.717) is 18.3 Å². The fraction of sp³-hybridized carbons (Fsp3) is 0.526. The van der Waals surface area contributed by atoms with Gasteiger partial charge in [0, 0.05) is 5.41 Å². The van der Waals surface area contributed by atoms with Crippen molar-refractivity contribution in [1.29, 1.82) is 0 Å². The Bertz CT molecular complexity index is 1040. The standard InChI is InChI=1S/C38H48O3/c1-38(29-17-23-35(24-18-29)39-32-11-5-2-6-12-32,30-19-25-36(26-20-30)40-33-13-7-3-8-14-33)31-21-27-37(28-22-31)41-34-15-9-4-10-16-34/h17-28,32-34H,2-16H2,1H3. The van der Waals surface area contributed by atoms with Gasteiger partial charge in [-0.15, -0.1) is 0 Å². The molecule has 0 aromatic heterocycles. The molecule has 3 aromatic carbocycles. The van der Waals surface area contributed by atoms with Crippen molar-refractivity contribution in [2.24, 2.45) is 0 Å². The lowest BCUT2D eigenvalue weighted by Crippen LogP contribution is -2.26.